The molecule has 2 aromatic heterocycles. The predicted octanol–water partition coefficient (Wildman–Crippen LogP) is 5.56. The van der Waals surface area contributed by atoms with Gasteiger partial charge in [-0.1, -0.05) is 23.2 Å². The summed E-state index contributed by atoms with van der Waals surface area (Å²) in [5.41, 5.74) is 1.25. The van der Waals surface area contributed by atoms with Gasteiger partial charge in [0.1, 0.15) is 5.75 Å². The Balaban J connectivity index is 1.62. The van der Waals surface area contributed by atoms with Gasteiger partial charge in [-0.15, -0.1) is 10.2 Å². The summed E-state index contributed by atoms with van der Waals surface area (Å²) in [7, 11) is 1.48. The van der Waals surface area contributed by atoms with Crippen LogP contribution in [-0.4, -0.2) is 23.2 Å². The maximum Gasteiger partial charge on any atom is 0.283 e. The largest absolute Gasteiger partial charge is 0.496 e. The van der Waals surface area contributed by atoms with E-state index < -0.39 is 0 Å². The number of aromatic nitrogens is 2. The van der Waals surface area contributed by atoms with E-state index in [0.717, 1.165) is 0 Å². The van der Waals surface area contributed by atoms with Gasteiger partial charge in [0, 0.05) is 10.7 Å². The second-order valence-electron chi connectivity index (χ2n) is 5.88. The Morgan fingerprint density at radius 3 is 2.66 bits per heavy atom. The normalized spacial score (nSPS) is 10.7. The molecule has 4 aromatic rings. The molecule has 0 saturated heterocycles. The topological polar surface area (TPSA) is 90.4 Å². The molecule has 1 amide bonds. The van der Waals surface area contributed by atoms with Crippen LogP contribution >= 0.6 is 23.2 Å². The summed E-state index contributed by atoms with van der Waals surface area (Å²) in [5, 5.41) is 11.6. The smallest absolute Gasteiger partial charge is 0.283 e. The fourth-order valence-electron chi connectivity index (χ4n) is 2.65. The Bertz CT molecular complexity index is 1170. The van der Waals surface area contributed by atoms with Crippen molar-refractivity contribution < 1.29 is 18.4 Å². The quantitative estimate of drug-likeness (QED) is 0.446. The van der Waals surface area contributed by atoms with Crippen molar-refractivity contribution >= 4 is 34.8 Å². The van der Waals surface area contributed by atoms with Gasteiger partial charge >= 0.3 is 0 Å². The highest BCUT2D eigenvalue weighted by atomic mass is 35.5. The number of hydrogen-bond donors (Lipinski definition) is 1. The molecule has 4 rings (SSSR count). The zero-order valence-electron chi connectivity index (χ0n) is 15.0. The van der Waals surface area contributed by atoms with Crippen molar-refractivity contribution in [3.8, 4) is 28.9 Å². The van der Waals surface area contributed by atoms with Crippen molar-refractivity contribution in [2.45, 2.75) is 0 Å². The summed E-state index contributed by atoms with van der Waals surface area (Å²) in [6, 6.07) is 13.1. The van der Waals surface area contributed by atoms with Crippen molar-refractivity contribution in [2.24, 2.45) is 0 Å². The van der Waals surface area contributed by atoms with Crippen LogP contribution in [0.3, 0.4) is 0 Å². The summed E-state index contributed by atoms with van der Waals surface area (Å²) in [6.45, 7) is 0. The van der Waals surface area contributed by atoms with E-state index in [-0.39, 0.29) is 17.7 Å². The minimum Gasteiger partial charge on any atom is -0.496 e. The minimum atomic E-state index is -0.389. The SMILES string of the molecule is COc1ccc(Cl)cc1C(=O)Nc1ccc(Cl)c(-c2nnc(-c3ccco3)o2)c1. The zero-order valence-corrected chi connectivity index (χ0v) is 16.5. The van der Waals surface area contributed by atoms with Crippen LogP contribution in [0, 0.1) is 0 Å². The highest BCUT2D eigenvalue weighted by Gasteiger charge is 2.17. The molecular formula is C20H13Cl2N3O4. The number of furan rings is 1. The molecule has 0 unspecified atom stereocenters. The van der Waals surface area contributed by atoms with E-state index in [1.807, 2.05) is 0 Å². The second-order valence-corrected chi connectivity index (χ2v) is 6.73. The van der Waals surface area contributed by atoms with E-state index in [2.05, 4.69) is 15.5 Å². The average molecular weight is 430 g/mol. The lowest BCUT2D eigenvalue weighted by atomic mass is 10.1. The number of halogens is 2. The van der Waals surface area contributed by atoms with E-state index in [9.17, 15) is 4.79 Å². The van der Waals surface area contributed by atoms with E-state index in [4.69, 9.17) is 36.8 Å². The van der Waals surface area contributed by atoms with Gasteiger partial charge in [0.05, 0.1) is 29.5 Å². The fraction of sp³-hybridized carbons (Fsp3) is 0.0500. The average Bonchev–Trinajstić information content (AvgIpc) is 3.41. The molecule has 0 aliphatic rings. The monoisotopic (exact) mass is 429 g/mol. The number of nitrogens with one attached hydrogen (secondary N) is 1. The first-order valence-electron chi connectivity index (χ1n) is 8.37. The van der Waals surface area contributed by atoms with E-state index in [1.165, 1.54) is 19.4 Å². The molecule has 1 N–H and O–H groups in total. The molecule has 0 aliphatic carbocycles. The lowest BCUT2D eigenvalue weighted by Gasteiger charge is -2.10. The lowest BCUT2D eigenvalue weighted by molar-refractivity contribution is 0.102. The number of carbonyl (C=O) groups excluding carboxylic acids is 1. The Morgan fingerprint density at radius 2 is 1.90 bits per heavy atom. The first kappa shape index (κ1) is 19.0. The highest BCUT2D eigenvalue weighted by molar-refractivity contribution is 6.33. The molecule has 146 valence electrons. The summed E-state index contributed by atoms with van der Waals surface area (Å²) in [5.74, 6) is 0.870. The van der Waals surface area contributed by atoms with Gasteiger partial charge in [-0.2, -0.15) is 0 Å². The number of ether oxygens (including phenoxy) is 1. The standard InChI is InChI=1S/C20H13Cl2N3O4/c1-27-16-7-4-11(21)9-14(16)18(26)23-12-5-6-15(22)13(10-12)19-24-25-20(29-19)17-3-2-8-28-17/h2-10H,1H3,(H,23,26). The predicted molar refractivity (Wildman–Crippen MR) is 108 cm³/mol. The highest BCUT2D eigenvalue weighted by Crippen LogP contribution is 2.32. The lowest BCUT2D eigenvalue weighted by Crippen LogP contribution is -2.13. The number of methoxy groups -OCH3 is 1. The number of hydrogen-bond acceptors (Lipinski definition) is 6. The van der Waals surface area contributed by atoms with E-state index in [1.54, 1.807) is 42.5 Å². The molecule has 0 fully saturated rings. The molecule has 29 heavy (non-hydrogen) atoms. The first-order chi connectivity index (χ1) is 14.0. The Labute approximate surface area is 175 Å². The van der Waals surface area contributed by atoms with E-state index >= 15 is 0 Å². The number of nitrogens with zero attached hydrogens (tertiary/aromatic N) is 2. The van der Waals surface area contributed by atoms with E-state index in [0.29, 0.717) is 38.4 Å². The van der Waals surface area contributed by atoms with Crippen molar-refractivity contribution in [1.82, 2.24) is 10.2 Å². The van der Waals surface area contributed by atoms with Crippen LogP contribution in [0.1, 0.15) is 10.4 Å². The molecule has 0 radical (unpaired) electrons. The molecule has 9 heteroatoms. The molecule has 2 aromatic carbocycles. The molecule has 0 bridgehead atoms. The number of rotatable bonds is 5. The Morgan fingerprint density at radius 1 is 1.07 bits per heavy atom. The van der Waals surface area contributed by atoms with Gasteiger partial charge in [0.15, 0.2) is 5.76 Å². The molecular weight excluding hydrogens is 417 g/mol. The number of carbonyl (C=O) groups is 1. The van der Waals surface area contributed by atoms with Gasteiger partial charge in [0.25, 0.3) is 11.8 Å². The van der Waals surface area contributed by atoms with Crippen molar-refractivity contribution in [3.05, 3.63) is 70.4 Å². The number of amides is 1. The zero-order chi connectivity index (χ0) is 20.4. The molecule has 0 saturated carbocycles. The third kappa shape index (κ3) is 3.96. The van der Waals surface area contributed by atoms with Crippen molar-refractivity contribution in [2.75, 3.05) is 12.4 Å². The fourth-order valence-corrected chi connectivity index (χ4v) is 3.03. The number of benzene rings is 2. The maximum absolute atomic E-state index is 12.7. The Hall–Kier alpha value is -3.29. The van der Waals surface area contributed by atoms with Crippen LogP contribution in [0.2, 0.25) is 10.0 Å². The first-order valence-corrected chi connectivity index (χ1v) is 9.13. The van der Waals surface area contributed by atoms with Gasteiger partial charge in [-0.3, -0.25) is 4.79 Å². The third-order valence-electron chi connectivity index (χ3n) is 4.02. The van der Waals surface area contributed by atoms with Crippen LogP contribution in [0.4, 0.5) is 5.69 Å². The third-order valence-corrected chi connectivity index (χ3v) is 4.58. The van der Waals surface area contributed by atoms with Gasteiger partial charge in [0.2, 0.25) is 5.89 Å². The van der Waals surface area contributed by atoms with Crippen LogP contribution < -0.4 is 10.1 Å². The molecule has 0 aliphatic heterocycles. The molecule has 0 spiro atoms. The molecule has 0 atom stereocenters. The molecule has 7 nitrogen and oxygen atoms in total. The maximum atomic E-state index is 12.7. The van der Waals surface area contributed by atoms with Gasteiger partial charge < -0.3 is 18.9 Å². The molecule has 2 heterocycles. The van der Waals surface area contributed by atoms with Crippen molar-refractivity contribution in [1.29, 1.82) is 0 Å². The minimum absolute atomic E-state index is 0.192. The Kier molecular flexibility index (Phi) is 5.24. The second kappa shape index (κ2) is 7.98. The summed E-state index contributed by atoms with van der Waals surface area (Å²) < 4.78 is 16.1. The summed E-state index contributed by atoms with van der Waals surface area (Å²) in [6.07, 6.45) is 1.51. The van der Waals surface area contributed by atoms with Gasteiger partial charge in [-0.05, 0) is 48.5 Å². The van der Waals surface area contributed by atoms with Crippen LogP contribution in [-0.2, 0) is 0 Å². The number of anilines is 1. The van der Waals surface area contributed by atoms with Crippen LogP contribution in [0.15, 0.2) is 63.6 Å². The van der Waals surface area contributed by atoms with Crippen LogP contribution in [0.5, 0.6) is 5.75 Å². The van der Waals surface area contributed by atoms with Crippen LogP contribution in [0.25, 0.3) is 23.1 Å². The van der Waals surface area contributed by atoms with Crippen molar-refractivity contribution in [3.63, 3.8) is 0 Å². The summed E-state index contributed by atoms with van der Waals surface area (Å²) >= 11 is 12.3. The summed E-state index contributed by atoms with van der Waals surface area (Å²) in [4.78, 5) is 12.7. The van der Waals surface area contributed by atoms with Gasteiger partial charge in [-0.25, -0.2) is 0 Å².